The molecule has 1 aliphatic rings. The highest BCUT2D eigenvalue weighted by molar-refractivity contribution is 5.41. The molecule has 3 rings (SSSR count). The van der Waals surface area contributed by atoms with Gasteiger partial charge in [-0.1, -0.05) is 24.3 Å². The van der Waals surface area contributed by atoms with Crippen LogP contribution in [0.1, 0.15) is 35.6 Å². The predicted molar refractivity (Wildman–Crippen MR) is 77.4 cm³/mol. The Morgan fingerprint density at radius 1 is 1.30 bits per heavy atom. The topological polar surface area (TPSA) is 35.2 Å². The molecule has 1 unspecified atom stereocenters. The van der Waals surface area contributed by atoms with E-state index in [0.29, 0.717) is 18.3 Å². The molecular formula is C17H18FNO. The largest absolute Gasteiger partial charge is 0.493 e. The summed E-state index contributed by atoms with van der Waals surface area (Å²) in [5.41, 5.74) is 9.34. The highest BCUT2D eigenvalue weighted by atomic mass is 19.1. The maximum absolute atomic E-state index is 13.3. The molecule has 0 saturated heterocycles. The van der Waals surface area contributed by atoms with Crippen LogP contribution in [-0.2, 0) is 6.42 Å². The van der Waals surface area contributed by atoms with Crippen molar-refractivity contribution in [2.75, 3.05) is 6.61 Å². The lowest BCUT2D eigenvalue weighted by molar-refractivity contribution is 0.271. The standard InChI is InChI=1S/C17H18FNO/c1-11(19)16-9-14(18)6-7-17(16)20-10-13-8-12-4-2-3-5-15(12)13/h2-7,9,11,13H,8,10,19H2,1H3/t11-,13?/m0/s1. The van der Waals surface area contributed by atoms with Crippen LogP contribution < -0.4 is 10.5 Å². The van der Waals surface area contributed by atoms with E-state index in [9.17, 15) is 4.39 Å². The summed E-state index contributed by atoms with van der Waals surface area (Å²) in [7, 11) is 0. The molecule has 3 heteroatoms. The number of hydrogen-bond donors (Lipinski definition) is 1. The van der Waals surface area contributed by atoms with E-state index >= 15 is 0 Å². The zero-order chi connectivity index (χ0) is 14.1. The summed E-state index contributed by atoms with van der Waals surface area (Å²) in [6.45, 7) is 2.45. The Balaban J connectivity index is 1.71. The Kier molecular flexibility index (Phi) is 3.45. The molecule has 0 aliphatic heterocycles. The molecule has 2 atom stereocenters. The molecule has 1 aliphatic carbocycles. The van der Waals surface area contributed by atoms with Gasteiger partial charge in [0.1, 0.15) is 11.6 Å². The molecule has 0 saturated carbocycles. The molecule has 104 valence electrons. The number of halogens is 1. The van der Waals surface area contributed by atoms with Crippen LogP contribution in [0.25, 0.3) is 0 Å². The molecule has 0 bridgehead atoms. The van der Waals surface area contributed by atoms with Crippen LogP contribution in [-0.4, -0.2) is 6.61 Å². The van der Waals surface area contributed by atoms with Gasteiger partial charge in [-0.25, -0.2) is 4.39 Å². The molecular weight excluding hydrogens is 253 g/mol. The van der Waals surface area contributed by atoms with Gasteiger partial charge in [-0.15, -0.1) is 0 Å². The van der Waals surface area contributed by atoms with Gasteiger partial charge in [-0.2, -0.15) is 0 Å². The summed E-state index contributed by atoms with van der Waals surface area (Å²) in [5, 5.41) is 0. The van der Waals surface area contributed by atoms with Gasteiger partial charge < -0.3 is 10.5 Å². The number of benzene rings is 2. The second-order valence-electron chi connectivity index (χ2n) is 5.38. The normalized spacial score (nSPS) is 18.1. The van der Waals surface area contributed by atoms with E-state index in [-0.39, 0.29) is 11.9 Å². The number of rotatable bonds is 4. The molecule has 2 aromatic carbocycles. The van der Waals surface area contributed by atoms with Crippen LogP contribution in [0.3, 0.4) is 0 Å². The average Bonchev–Trinajstić information content (AvgIpc) is 2.41. The Hall–Kier alpha value is -1.87. The summed E-state index contributed by atoms with van der Waals surface area (Å²) in [5.74, 6) is 0.835. The summed E-state index contributed by atoms with van der Waals surface area (Å²) in [6.07, 6.45) is 1.05. The first kappa shape index (κ1) is 13.1. The third-order valence-corrected chi connectivity index (χ3v) is 3.86. The molecule has 20 heavy (non-hydrogen) atoms. The smallest absolute Gasteiger partial charge is 0.124 e. The molecule has 0 spiro atoms. The molecule has 0 aromatic heterocycles. The first-order chi connectivity index (χ1) is 9.65. The van der Waals surface area contributed by atoms with E-state index in [1.54, 1.807) is 6.07 Å². The summed E-state index contributed by atoms with van der Waals surface area (Å²) in [4.78, 5) is 0. The number of hydrogen-bond acceptors (Lipinski definition) is 2. The van der Waals surface area contributed by atoms with E-state index in [1.807, 2.05) is 6.92 Å². The molecule has 2 aromatic rings. The zero-order valence-corrected chi connectivity index (χ0v) is 11.5. The molecule has 0 heterocycles. The van der Waals surface area contributed by atoms with Crippen LogP contribution in [0.5, 0.6) is 5.75 Å². The lowest BCUT2D eigenvalue weighted by Gasteiger charge is -2.30. The van der Waals surface area contributed by atoms with E-state index in [0.717, 1.165) is 12.0 Å². The molecule has 0 amide bonds. The lowest BCUT2D eigenvalue weighted by atomic mass is 9.78. The van der Waals surface area contributed by atoms with Gasteiger partial charge in [-0.05, 0) is 42.7 Å². The van der Waals surface area contributed by atoms with E-state index in [1.165, 1.54) is 23.3 Å². The predicted octanol–water partition coefficient (Wildman–Crippen LogP) is 3.56. The minimum Gasteiger partial charge on any atom is -0.493 e. The Morgan fingerprint density at radius 3 is 2.85 bits per heavy atom. The molecule has 2 nitrogen and oxygen atoms in total. The van der Waals surface area contributed by atoms with Crippen molar-refractivity contribution in [1.82, 2.24) is 0 Å². The SMILES string of the molecule is C[C@H](N)c1cc(F)ccc1OCC1Cc2ccccc21. The summed E-state index contributed by atoms with van der Waals surface area (Å²) < 4.78 is 19.1. The van der Waals surface area contributed by atoms with Crippen molar-refractivity contribution in [1.29, 1.82) is 0 Å². The van der Waals surface area contributed by atoms with Crippen molar-refractivity contribution in [3.05, 3.63) is 65.0 Å². The molecule has 0 fully saturated rings. The highest BCUT2D eigenvalue weighted by Crippen LogP contribution is 2.35. The second kappa shape index (κ2) is 5.25. The Bertz CT molecular complexity index is 624. The van der Waals surface area contributed by atoms with Crippen molar-refractivity contribution in [2.24, 2.45) is 5.73 Å². The van der Waals surface area contributed by atoms with Gasteiger partial charge in [0.25, 0.3) is 0 Å². The highest BCUT2D eigenvalue weighted by Gasteiger charge is 2.26. The first-order valence-corrected chi connectivity index (χ1v) is 6.91. The fourth-order valence-electron chi connectivity index (χ4n) is 2.71. The van der Waals surface area contributed by atoms with Gasteiger partial charge >= 0.3 is 0 Å². The van der Waals surface area contributed by atoms with Gasteiger partial charge in [0.05, 0.1) is 6.61 Å². The van der Waals surface area contributed by atoms with Crippen LogP contribution >= 0.6 is 0 Å². The Morgan fingerprint density at radius 2 is 2.10 bits per heavy atom. The van der Waals surface area contributed by atoms with Crippen LogP contribution in [0.4, 0.5) is 4.39 Å². The maximum atomic E-state index is 13.3. The fraction of sp³-hybridized carbons (Fsp3) is 0.294. The lowest BCUT2D eigenvalue weighted by Crippen LogP contribution is -2.23. The summed E-state index contributed by atoms with van der Waals surface area (Å²) in [6, 6.07) is 12.7. The quantitative estimate of drug-likeness (QED) is 0.922. The van der Waals surface area contributed by atoms with Gasteiger partial charge in [0, 0.05) is 17.5 Å². The van der Waals surface area contributed by atoms with Crippen LogP contribution in [0, 0.1) is 5.82 Å². The average molecular weight is 271 g/mol. The van der Waals surface area contributed by atoms with Crippen LogP contribution in [0.2, 0.25) is 0 Å². The maximum Gasteiger partial charge on any atom is 0.124 e. The van der Waals surface area contributed by atoms with E-state index in [2.05, 4.69) is 24.3 Å². The van der Waals surface area contributed by atoms with E-state index < -0.39 is 0 Å². The first-order valence-electron chi connectivity index (χ1n) is 6.91. The fourth-order valence-corrected chi connectivity index (χ4v) is 2.71. The third-order valence-electron chi connectivity index (χ3n) is 3.86. The number of fused-ring (bicyclic) bond motifs is 1. The monoisotopic (exact) mass is 271 g/mol. The third kappa shape index (κ3) is 2.41. The number of nitrogens with two attached hydrogens (primary N) is 1. The van der Waals surface area contributed by atoms with Gasteiger partial charge in [-0.3, -0.25) is 0 Å². The van der Waals surface area contributed by atoms with E-state index in [4.69, 9.17) is 10.5 Å². The second-order valence-corrected chi connectivity index (χ2v) is 5.38. The Labute approximate surface area is 118 Å². The minimum absolute atomic E-state index is 0.241. The molecule has 2 N–H and O–H groups in total. The zero-order valence-electron chi connectivity index (χ0n) is 11.5. The summed E-state index contributed by atoms with van der Waals surface area (Å²) >= 11 is 0. The van der Waals surface area contributed by atoms with Crippen molar-refractivity contribution in [2.45, 2.75) is 25.3 Å². The van der Waals surface area contributed by atoms with Crippen molar-refractivity contribution >= 4 is 0 Å². The minimum atomic E-state index is -0.279. The van der Waals surface area contributed by atoms with Gasteiger partial charge in [0.15, 0.2) is 0 Å². The van der Waals surface area contributed by atoms with Crippen molar-refractivity contribution in [3.8, 4) is 5.75 Å². The van der Waals surface area contributed by atoms with Crippen molar-refractivity contribution in [3.63, 3.8) is 0 Å². The van der Waals surface area contributed by atoms with Crippen LogP contribution in [0.15, 0.2) is 42.5 Å². The number of ether oxygens (including phenoxy) is 1. The van der Waals surface area contributed by atoms with Crippen molar-refractivity contribution < 1.29 is 9.13 Å². The molecule has 0 radical (unpaired) electrons. The van der Waals surface area contributed by atoms with Gasteiger partial charge in [0.2, 0.25) is 0 Å².